The average Bonchev–Trinajstić information content (AvgIpc) is 2.66. The minimum absolute atomic E-state index is 0.531. The Morgan fingerprint density at radius 3 is 2.53 bits per heavy atom. The Hall–Kier alpha value is -1.16. The maximum Gasteiger partial charge on any atom is 0.225 e. The van der Waals surface area contributed by atoms with Crippen LogP contribution in [0.3, 0.4) is 0 Å². The minimum Gasteiger partial charge on any atom is -0.341 e. The van der Waals surface area contributed by atoms with Crippen molar-refractivity contribution < 1.29 is 0 Å². The van der Waals surface area contributed by atoms with E-state index >= 15 is 0 Å². The van der Waals surface area contributed by atoms with Crippen LogP contribution in [0.1, 0.15) is 43.9 Å². The largest absolute Gasteiger partial charge is 0.341 e. The normalized spacial score (nSPS) is 16.9. The van der Waals surface area contributed by atoms with Gasteiger partial charge < -0.3 is 10.6 Å². The summed E-state index contributed by atoms with van der Waals surface area (Å²) >= 11 is 0. The number of hydrogen-bond donors (Lipinski definition) is 1. The molecule has 2 rings (SSSR count). The molecule has 4 nitrogen and oxygen atoms in total. The van der Waals surface area contributed by atoms with Crippen molar-refractivity contribution in [3.05, 3.63) is 17.5 Å². The molecule has 0 aromatic carbocycles. The van der Waals surface area contributed by atoms with E-state index in [4.69, 9.17) is 5.73 Å². The van der Waals surface area contributed by atoms with Gasteiger partial charge in [-0.2, -0.15) is 0 Å². The number of rotatable bonds is 3. The number of aromatic nitrogens is 2. The van der Waals surface area contributed by atoms with Crippen molar-refractivity contribution in [2.75, 3.05) is 18.0 Å². The zero-order valence-electron chi connectivity index (χ0n) is 10.7. The Morgan fingerprint density at radius 1 is 1.24 bits per heavy atom. The predicted molar refractivity (Wildman–Crippen MR) is 70.0 cm³/mol. The molecular weight excluding hydrogens is 212 g/mol. The van der Waals surface area contributed by atoms with Crippen LogP contribution in [0.25, 0.3) is 0 Å². The summed E-state index contributed by atoms with van der Waals surface area (Å²) in [7, 11) is 0. The lowest BCUT2D eigenvalue weighted by atomic mass is 10.2. The summed E-state index contributed by atoms with van der Waals surface area (Å²) in [6, 6.07) is 0. The molecule has 1 fully saturated rings. The van der Waals surface area contributed by atoms with Crippen LogP contribution in [0, 0.1) is 0 Å². The first-order chi connectivity index (χ1) is 8.35. The first kappa shape index (κ1) is 12.3. The van der Waals surface area contributed by atoms with E-state index in [1.807, 2.05) is 6.20 Å². The molecule has 0 radical (unpaired) electrons. The first-order valence-corrected chi connectivity index (χ1v) is 6.65. The first-order valence-electron chi connectivity index (χ1n) is 6.65. The van der Waals surface area contributed by atoms with Gasteiger partial charge in [-0.1, -0.05) is 19.8 Å². The van der Waals surface area contributed by atoms with Crippen molar-refractivity contribution in [2.24, 2.45) is 5.73 Å². The fraction of sp³-hybridized carbons (Fsp3) is 0.692. The highest BCUT2D eigenvalue weighted by molar-refractivity contribution is 5.33. The third kappa shape index (κ3) is 2.94. The lowest BCUT2D eigenvalue weighted by molar-refractivity contribution is 0.726. The summed E-state index contributed by atoms with van der Waals surface area (Å²) in [6.07, 6.45) is 7.99. The zero-order chi connectivity index (χ0) is 12.1. The SMILES string of the molecule is CCc1nc(N2CCCCCC2)ncc1CN. The highest BCUT2D eigenvalue weighted by Gasteiger charge is 2.13. The third-order valence-corrected chi connectivity index (χ3v) is 3.39. The Morgan fingerprint density at radius 2 is 1.94 bits per heavy atom. The number of anilines is 1. The van der Waals surface area contributed by atoms with Crippen LogP contribution in [0.5, 0.6) is 0 Å². The Balaban J connectivity index is 2.19. The third-order valence-electron chi connectivity index (χ3n) is 3.39. The molecule has 1 aromatic heterocycles. The van der Waals surface area contributed by atoms with Crippen molar-refractivity contribution in [1.29, 1.82) is 0 Å². The van der Waals surface area contributed by atoms with Gasteiger partial charge in [0.1, 0.15) is 0 Å². The van der Waals surface area contributed by atoms with E-state index in [0.29, 0.717) is 6.54 Å². The van der Waals surface area contributed by atoms with Crippen molar-refractivity contribution in [3.8, 4) is 0 Å². The maximum absolute atomic E-state index is 5.69. The Kier molecular flexibility index (Phi) is 4.31. The molecule has 1 aromatic rings. The second kappa shape index (κ2) is 5.96. The second-order valence-electron chi connectivity index (χ2n) is 4.60. The van der Waals surface area contributed by atoms with Crippen LogP contribution in [0.15, 0.2) is 6.20 Å². The van der Waals surface area contributed by atoms with Gasteiger partial charge in [-0.25, -0.2) is 9.97 Å². The van der Waals surface area contributed by atoms with Crippen LogP contribution in [-0.4, -0.2) is 23.1 Å². The van der Waals surface area contributed by atoms with Gasteiger partial charge in [0, 0.05) is 31.4 Å². The van der Waals surface area contributed by atoms with Crippen molar-refractivity contribution in [1.82, 2.24) is 9.97 Å². The van der Waals surface area contributed by atoms with Crippen molar-refractivity contribution >= 4 is 5.95 Å². The van der Waals surface area contributed by atoms with Gasteiger partial charge in [0.15, 0.2) is 0 Å². The Bertz CT molecular complexity index is 356. The van der Waals surface area contributed by atoms with Crippen LogP contribution in [-0.2, 0) is 13.0 Å². The zero-order valence-corrected chi connectivity index (χ0v) is 10.7. The molecule has 0 spiro atoms. The van der Waals surface area contributed by atoms with E-state index in [9.17, 15) is 0 Å². The topological polar surface area (TPSA) is 55.0 Å². The number of aryl methyl sites for hydroxylation is 1. The molecule has 2 heterocycles. The van der Waals surface area contributed by atoms with Gasteiger partial charge in [0.05, 0.1) is 5.69 Å². The Labute approximate surface area is 103 Å². The molecule has 1 aliphatic heterocycles. The molecule has 0 amide bonds. The number of hydrogen-bond acceptors (Lipinski definition) is 4. The van der Waals surface area contributed by atoms with E-state index in [1.165, 1.54) is 25.7 Å². The fourth-order valence-corrected chi connectivity index (χ4v) is 2.33. The molecule has 17 heavy (non-hydrogen) atoms. The number of nitrogens with zero attached hydrogens (tertiary/aromatic N) is 3. The van der Waals surface area contributed by atoms with Gasteiger partial charge in [-0.05, 0) is 19.3 Å². The highest BCUT2D eigenvalue weighted by Crippen LogP contribution is 2.17. The van der Waals surface area contributed by atoms with Gasteiger partial charge in [0.2, 0.25) is 5.95 Å². The average molecular weight is 234 g/mol. The molecule has 94 valence electrons. The fourth-order valence-electron chi connectivity index (χ4n) is 2.33. The van der Waals surface area contributed by atoms with E-state index in [0.717, 1.165) is 36.7 Å². The van der Waals surface area contributed by atoms with Crippen molar-refractivity contribution in [3.63, 3.8) is 0 Å². The van der Waals surface area contributed by atoms with E-state index in [2.05, 4.69) is 21.8 Å². The quantitative estimate of drug-likeness (QED) is 0.867. The smallest absolute Gasteiger partial charge is 0.225 e. The van der Waals surface area contributed by atoms with E-state index < -0.39 is 0 Å². The molecule has 0 unspecified atom stereocenters. The molecule has 0 saturated carbocycles. The van der Waals surface area contributed by atoms with Gasteiger partial charge in [-0.3, -0.25) is 0 Å². The molecular formula is C13H22N4. The molecule has 4 heteroatoms. The van der Waals surface area contributed by atoms with Gasteiger partial charge in [0.25, 0.3) is 0 Å². The van der Waals surface area contributed by atoms with Crippen molar-refractivity contribution in [2.45, 2.75) is 45.6 Å². The molecule has 2 N–H and O–H groups in total. The minimum atomic E-state index is 0.531. The molecule has 1 saturated heterocycles. The van der Waals surface area contributed by atoms with Gasteiger partial charge in [-0.15, -0.1) is 0 Å². The number of nitrogens with two attached hydrogens (primary N) is 1. The van der Waals surface area contributed by atoms with Crippen LogP contribution in [0.4, 0.5) is 5.95 Å². The molecule has 0 bridgehead atoms. The summed E-state index contributed by atoms with van der Waals surface area (Å²) < 4.78 is 0. The monoisotopic (exact) mass is 234 g/mol. The van der Waals surface area contributed by atoms with E-state index in [-0.39, 0.29) is 0 Å². The summed E-state index contributed by atoms with van der Waals surface area (Å²) in [6.45, 7) is 4.83. The molecule has 1 aliphatic rings. The highest BCUT2D eigenvalue weighted by atomic mass is 15.2. The van der Waals surface area contributed by atoms with Crippen LogP contribution >= 0.6 is 0 Å². The van der Waals surface area contributed by atoms with Crippen LogP contribution < -0.4 is 10.6 Å². The lowest BCUT2D eigenvalue weighted by Gasteiger charge is -2.21. The van der Waals surface area contributed by atoms with E-state index in [1.54, 1.807) is 0 Å². The standard InChI is InChI=1S/C13H22N4/c1-2-12-11(9-14)10-15-13(16-12)17-7-5-3-4-6-8-17/h10H,2-9,14H2,1H3. The summed E-state index contributed by atoms with van der Waals surface area (Å²) in [5, 5.41) is 0. The molecule has 0 aliphatic carbocycles. The predicted octanol–water partition coefficient (Wildman–Crippen LogP) is 1.88. The van der Waals surface area contributed by atoms with Crippen LogP contribution in [0.2, 0.25) is 0 Å². The summed E-state index contributed by atoms with van der Waals surface area (Å²) in [4.78, 5) is 11.4. The maximum atomic E-state index is 5.69. The summed E-state index contributed by atoms with van der Waals surface area (Å²) in [5.41, 5.74) is 7.86. The van der Waals surface area contributed by atoms with Gasteiger partial charge >= 0.3 is 0 Å². The molecule has 0 atom stereocenters. The second-order valence-corrected chi connectivity index (χ2v) is 4.60. The summed E-state index contributed by atoms with van der Waals surface area (Å²) in [5.74, 6) is 0.890. The lowest BCUT2D eigenvalue weighted by Crippen LogP contribution is -2.26.